The molecule has 3 fully saturated rings. The first-order chi connectivity index (χ1) is 11.4. The highest BCUT2D eigenvalue weighted by atomic mass is 16.7. The van der Waals surface area contributed by atoms with Crippen LogP contribution in [0.1, 0.15) is 45.4 Å². The number of rotatable bonds is 4. The van der Waals surface area contributed by atoms with Gasteiger partial charge in [0.15, 0.2) is 5.79 Å². The van der Waals surface area contributed by atoms with E-state index < -0.39 is 17.3 Å². The first-order valence-electron chi connectivity index (χ1n) is 9.04. The summed E-state index contributed by atoms with van der Waals surface area (Å²) in [5.41, 5.74) is -1.07. The summed E-state index contributed by atoms with van der Waals surface area (Å²) in [6, 6.07) is 0.157. The molecule has 0 aromatic rings. The van der Waals surface area contributed by atoms with Crippen molar-refractivity contribution in [1.29, 1.82) is 0 Å². The zero-order chi connectivity index (χ0) is 17.6. The van der Waals surface area contributed by atoms with Gasteiger partial charge in [0.05, 0.1) is 13.2 Å². The number of ether oxygens (including phenoxy) is 3. The Bertz CT molecular complexity index is 494. The zero-order valence-electron chi connectivity index (χ0n) is 15.3. The summed E-state index contributed by atoms with van der Waals surface area (Å²) in [7, 11) is 4.81. The minimum atomic E-state index is -0.792. The second-order valence-corrected chi connectivity index (χ2v) is 7.74. The second-order valence-electron chi connectivity index (χ2n) is 7.74. The molecule has 0 amide bonds. The maximum Gasteiger partial charge on any atom is 0.315 e. The lowest BCUT2D eigenvalue weighted by molar-refractivity contribution is -0.285. The Labute approximate surface area is 144 Å². The van der Waals surface area contributed by atoms with Crippen molar-refractivity contribution in [3.63, 3.8) is 0 Å². The average Bonchev–Trinajstić information content (AvgIpc) is 2.61. The largest absolute Gasteiger partial charge is 0.468 e. The molecule has 2 aliphatic carbocycles. The van der Waals surface area contributed by atoms with Crippen LogP contribution in [0.25, 0.3) is 0 Å². The van der Waals surface area contributed by atoms with E-state index in [0.717, 1.165) is 38.6 Å². The fourth-order valence-electron chi connectivity index (χ4n) is 5.76. The highest BCUT2D eigenvalue weighted by molar-refractivity contribution is 5.78. The number of piperidine rings is 1. The molecule has 1 unspecified atom stereocenters. The number of likely N-dealkylation sites (tertiary alicyclic amines) is 1. The van der Waals surface area contributed by atoms with Crippen LogP contribution in [0.3, 0.4) is 0 Å². The molecule has 1 N–H and O–H groups in total. The van der Waals surface area contributed by atoms with Crippen LogP contribution >= 0.6 is 0 Å². The van der Waals surface area contributed by atoms with Crippen molar-refractivity contribution in [1.82, 2.24) is 4.90 Å². The number of aliphatic hydroxyl groups excluding tert-OH is 1. The summed E-state index contributed by atoms with van der Waals surface area (Å²) in [6.07, 6.45) is 4.20. The highest BCUT2D eigenvalue weighted by Crippen LogP contribution is 2.60. The van der Waals surface area contributed by atoms with Gasteiger partial charge in [-0.3, -0.25) is 9.69 Å². The first kappa shape index (κ1) is 18.1. The number of hydrogen-bond acceptors (Lipinski definition) is 6. The standard InChI is InChI=1S/C18H31NO5/c1-5-19-12-17(15(21)22-2)8-6-7-16(14(17)20)9-10-18(23-3,24-4)11-13(16)19/h13-14,20H,5-12H2,1-4H3/t13?,14-,16-,17+/m0/s1. The van der Waals surface area contributed by atoms with Crippen molar-refractivity contribution >= 4 is 5.97 Å². The molecule has 6 heteroatoms. The molecule has 1 saturated heterocycles. The van der Waals surface area contributed by atoms with E-state index in [-0.39, 0.29) is 17.4 Å². The third-order valence-electron chi connectivity index (χ3n) is 7.14. The summed E-state index contributed by atoms with van der Waals surface area (Å²) >= 11 is 0. The lowest BCUT2D eigenvalue weighted by atomic mass is 9.49. The van der Waals surface area contributed by atoms with Crippen LogP contribution in [0.5, 0.6) is 0 Å². The maximum absolute atomic E-state index is 12.6. The highest BCUT2D eigenvalue weighted by Gasteiger charge is 2.67. The second kappa shape index (κ2) is 6.24. The van der Waals surface area contributed by atoms with E-state index >= 15 is 0 Å². The Morgan fingerprint density at radius 2 is 1.88 bits per heavy atom. The van der Waals surface area contributed by atoms with E-state index in [1.54, 1.807) is 14.2 Å². The monoisotopic (exact) mass is 341 g/mol. The summed E-state index contributed by atoms with van der Waals surface area (Å²) in [5.74, 6) is -0.854. The number of carbonyl (C=O) groups excluding carboxylic acids is 1. The third kappa shape index (κ3) is 2.26. The molecule has 24 heavy (non-hydrogen) atoms. The minimum absolute atomic E-state index is 0.157. The van der Waals surface area contributed by atoms with E-state index in [1.165, 1.54) is 7.11 Å². The van der Waals surface area contributed by atoms with Crippen molar-refractivity contribution in [3.8, 4) is 0 Å². The predicted molar refractivity (Wildman–Crippen MR) is 88.4 cm³/mol. The lowest BCUT2D eigenvalue weighted by Crippen LogP contribution is -2.73. The van der Waals surface area contributed by atoms with Gasteiger partial charge < -0.3 is 19.3 Å². The van der Waals surface area contributed by atoms with Gasteiger partial charge in [-0.1, -0.05) is 13.3 Å². The van der Waals surface area contributed by atoms with Gasteiger partial charge in [-0.05, 0) is 25.8 Å². The van der Waals surface area contributed by atoms with Crippen LogP contribution in [-0.2, 0) is 19.0 Å². The van der Waals surface area contributed by atoms with E-state index in [4.69, 9.17) is 14.2 Å². The van der Waals surface area contributed by atoms with Crippen LogP contribution < -0.4 is 0 Å². The molecule has 0 aromatic heterocycles. The Morgan fingerprint density at radius 1 is 1.17 bits per heavy atom. The molecule has 6 nitrogen and oxygen atoms in total. The van der Waals surface area contributed by atoms with Gasteiger partial charge in [0.25, 0.3) is 0 Å². The summed E-state index contributed by atoms with van der Waals surface area (Å²) in [4.78, 5) is 15.0. The first-order valence-corrected chi connectivity index (χ1v) is 9.04. The van der Waals surface area contributed by atoms with E-state index in [0.29, 0.717) is 13.0 Å². The normalized spacial score (nSPS) is 41.5. The van der Waals surface area contributed by atoms with Gasteiger partial charge in [0.2, 0.25) is 0 Å². The van der Waals surface area contributed by atoms with Gasteiger partial charge in [-0.2, -0.15) is 0 Å². The van der Waals surface area contributed by atoms with Crippen molar-refractivity contribution in [3.05, 3.63) is 0 Å². The molecule has 2 bridgehead atoms. The van der Waals surface area contributed by atoms with Gasteiger partial charge in [0, 0.05) is 45.1 Å². The fraction of sp³-hybridized carbons (Fsp3) is 0.944. The molecule has 1 spiro atoms. The van der Waals surface area contributed by atoms with Gasteiger partial charge >= 0.3 is 5.97 Å². The van der Waals surface area contributed by atoms with Gasteiger partial charge in [0.1, 0.15) is 5.41 Å². The Kier molecular flexibility index (Phi) is 4.71. The Balaban J connectivity index is 2.02. The summed E-state index contributed by atoms with van der Waals surface area (Å²) < 4.78 is 16.5. The third-order valence-corrected chi connectivity index (χ3v) is 7.14. The number of methoxy groups -OCH3 is 3. The van der Waals surface area contributed by atoms with Crippen molar-refractivity contribution in [2.45, 2.75) is 63.4 Å². The summed E-state index contributed by atoms with van der Waals surface area (Å²) in [6.45, 7) is 3.50. The zero-order valence-corrected chi connectivity index (χ0v) is 15.3. The van der Waals surface area contributed by atoms with Gasteiger partial charge in [-0.15, -0.1) is 0 Å². The number of fused-ring (bicyclic) bond motifs is 1. The van der Waals surface area contributed by atoms with Gasteiger partial charge in [-0.25, -0.2) is 0 Å². The van der Waals surface area contributed by atoms with Crippen LogP contribution in [0, 0.1) is 10.8 Å². The number of hydrogen-bond donors (Lipinski definition) is 1. The van der Waals surface area contributed by atoms with Crippen molar-refractivity contribution in [2.75, 3.05) is 34.4 Å². The molecule has 3 rings (SSSR count). The van der Waals surface area contributed by atoms with E-state index in [1.807, 2.05) is 0 Å². The molecule has 1 heterocycles. The Morgan fingerprint density at radius 3 is 2.46 bits per heavy atom. The molecule has 0 radical (unpaired) electrons. The van der Waals surface area contributed by atoms with E-state index in [9.17, 15) is 9.90 Å². The molecule has 1 aliphatic heterocycles. The van der Waals surface area contributed by atoms with Crippen molar-refractivity contribution in [2.24, 2.45) is 10.8 Å². The predicted octanol–water partition coefficient (Wildman–Crippen LogP) is 1.55. The summed E-state index contributed by atoms with van der Waals surface area (Å²) in [5, 5.41) is 11.3. The number of aliphatic hydroxyl groups is 1. The molecular weight excluding hydrogens is 310 g/mol. The van der Waals surface area contributed by atoms with Crippen LogP contribution in [0.4, 0.5) is 0 Å². The van der Waals surface area contributed by atoms with Crippen LogP contribution in [-0.4, -0.2) is 68.3 Å². The quantitative estimate of drug-likeness (QED) is 0.618. The minimum Gasteiger partial charge on any atom is -0.468 e. The topological polar surface area (TPSA) is 68.2 Å². The number of carbonyl (C=O) groups is 1. The van der Waals surface area contributed by atoms with E-state index in [2.05, 4.69) is 11.8 Å². The van der Waals surface area contributed by atoms with Crippen LogP contribution in [0.2, 0.25) is 0 Å². The SMILES string of the molecule is CCN1C[C@]2(C(=O)OC)CCC[C@@]3(CCC(OC)(OC)CC13)[C@@H]2O. The Hall–Kier alpha value is -0.690. The van der Waals surface area contributed by atoms with Crippen molar-refractivity contribution < 1.29 is 24.1 Å². The molecule has 2 saturated carbocycles. The smallest absolute Gasteiger partial charge is 0.315 e. The molecule has 4 atom stereocenters. The number of esters is 1. The molecule has 0 aromatic carbocycles. The molecular formula is C18H31NO5. The molecule has 3 aliphatic rings. The lowest BCUT2D eigenvalue weighted by Gasteiger charge is -2.65. The van der Waals surface area contributed by atoms with Crippen LogP contribution in [0.15, 0.2) is 0 Å². The fourth-order valence-corrected chi connectivity index (χ4v) is 5.76. The maximum atomic E-state index is 12.6. The average molecular weight is 341 g/mol. The number of nitrogens with zero attached hydrogens (tertiary/aromatic N) is 1. The molecule has 138 valence electrons.